The van der Waals surface area contributed by atoms with E-state index in [9.17, 15) is 9.18 Å². The number of nitriles is 1. The molecule has 0 atom stereocenters. The molecule has 0 heterocycles. The number of benzene rings is 2. The molecule has 0 radical (unpaired) electrons. The number of nitrogens with zero attached hydrogens (tertiary/aromatic N) is 1. The molecule has 0 unspecified atom stereocenters. The summed E-state index contributed by atoms with van der Waals surface area (Å²) in [5.41, 5.74) is 0.905. The van der Waals surface area contributed by atoms with E-state index < -0.39 is 5.82 Å². The van der Waals surface area contributed by atoms with Gasteiger partial charge in [-0.3, -0.25) is 4.79 Å². The fourth-order valence-corrected chi connectivity index (χ4v) is 1.52. The molecule has 0 aromatic heterocycles. The molecule has 94 valence electrons. The summed E-state index contributed by atoms with van der Waals surface area (Å²) < 4.78 is 18.4. The van der Waals surface area contributed by atoms with Gasteiger partial charge >= 0.3 is 0 Å². The second kappa shape index (κ2) is 5.78. The summed E-state index contributed by atoms with van der Waals surface area (Å²) in [6, 6.07) is 14.1. The highest BCUT2D eigenvalue weighted by Crippen LogP contribution is 2.15. The molecular formula is C15H10FNO2. The van der Waals surface area contributed by atoms with Gasteiger partial charge in [0.25, 0.3) is 0 Å². The molecule has 3 nitrogen and oxygen atoms in total. The van der Waals surface area contributed by atoms with Crippen molar-refractivity contribution in [3.63, 3.8) is 0 Å². The number of hydrogen-bond donors (Lipinski definition) is 0. The highest BCUT2D eigenvalue weighted by atomic mass is 19.1. The first-order chi connectivity index (χ1) is 9.20. The van der Waals surface area contributed by atoms with E-state index in [1.54, 1.807) is 36.4 Å². The first-order valence-electron chi connectivity index (χ1n) is 5.61. The molecule has 0 aliphatic heterocycles. The number of halogens is 1. The minimum atomic E-state index is -0.505. The molecule has 2 rings (SSSR count). The molecule has 2 aromatic rings. The van der Waals surface area contributed by atoms with Gasteiger partial charge in [0.05, 0.1) is 11.6 Å². The molecular weight excluding hydrogens is 245 g/mol. The summed E-state index contributed by atoms with van der Waals surface area (Å²) in [5.74, 6) is -0.729. The molecule has 0 spiro atoms. The number of para-hydroxylation sites is 1. The lowest BCUT2D eigenvalue weighted by atomic mass is 10.1. The van der Waals surface area contributed by atoms with Gasteiger partial charge in [-0.2, -0.15) is 5.26 Å². The van der Waals surface area contributed by atoms with Gasteiger partial charge in [0, 0.05) is 5.56 Å². The van der Waals surface area contributed by atoms with Gasteiger partial charge in [0.15, 0.2) is 24.0 Å². The van der Waals surface area contributed by atoms with Gasteiger partial charge < -0.3 is 4.74 Å². The maximum absolute atomic E-state index is 13.3. The Morgan fingerprint density at radius 3 is 2.47 bits per heavy atom. The Hall–Kier alpha value is -2.67. The van der Waals surface area contributed by atoms with Crippen LogP contribution in [0.1, 0.15) is 15.9 Å². The topological polar surface area (TPSA) is 50.1 Å². The van der Waals surface area contributed by atoms with E-state index in [4.69, 9.17) is 10.00 Å². The molecule has 2 aromatic carbocycles. The maximum Gasteiger partial charge on any atom is 0.200 e. The van der Waals surface area contributed by atoms with Crippen LogP contribution in [-0.4, -0.2) is 12.4 Å². The van der Waals surface area contributed by atoms with Crippen molar-refractivity contribution in [3.05, 3.63) is 65.5 Å². The third-order valence-corrected chi connectivity index (χ3v) is 2.53. The Balaban J connectivity index is 2.02. The van der Waals surface area contributed by atoms with Crippen LogP contribution in [0, 0.1) is 17.1 Å². The lowest BCUT2D eigenvalue weighted by Gasteiger charge is -2.06. The molecule has 19 heavy (non-hydrogen) atoms. The van der Waals surface area contributed by atoms with Crippen molar-refractivity contribution in [2.75, 3.05) is 6.61 Å². The first-order valence-corrected chi connectivity index (χ1v) is 5.61. The third kappa shape index (κ3) is 3.17. The Bertz CT molecular complexity index is 629. The average Bonchev–Trinajstić information content (AvgIpc) is 2.46. The van der Waals surface area contributed by atoms with Crippen LogP contribution in [0.2, 0.25) is 0 Å². The maximum atomic E-state index is 13.3. The zero-order chi connectivity index (χ0) is 13.7. The van der Waals surface area contributed by atoms with E-state index in [2.05, 4.69) is 0 Å². The van der Waals surface area contributed by atoms with Crippen LogP contribution in [-0.2, 0) is 0 Å². The Morgan fingerprint density at radius 1 is 1.16 bits per heavy atom. The van der Waals surface area contributed by atoms with Crippen LogP contribution in [0.15, 0.2) is 48.5 Å². The monoisotopic (exact) mass is 255 g/mol. The van der Waals surface area contributed by atoms with Gasteiger partial charge in [0.2, 0.25) is 0 Å². The predicted molar refractivity (Wildman–Crippen MR) is 67.4 cm³/mol. The van der Waals surface area contributed by atoms with E-state index in [1.807, 2.05) is 6.07 Å². The number of carbonyl (C=O) groups is 1. The molecule has 0 N–H and O–H groups in total. The minimum Gasteiger partial charge on any atom is -0.482 e. The SMILES string of the molecule is N#Cc1ccc(C(=O)COc2ccccc2F)cc1. The van der Waals surface area contributed by atoms with E-state index in [0.29, 0.717) is 11.1 Å². The second-order valence-corrected chi connectivity index (χ2v) is 3.83. The summed E-state index contributed by atoms with van der Waals surface area (Å²) in [6.07, 6.45) is 0. The zero-order valence-electron chi connectivity index (χ0n) is 9.97. The van der Waals surface area contributed by atoms with Gasteiger partial charge in [-0.15, -0.1) is 0 Å². The molecule has 0 fully saturated rings. The highest BCUT2D eigenvalue weighted by Gasteiger charge is 2.08. The largest absolute Gasteiger partial charge is 0.482 e. The number of Topliss-reactive ketones (excluding diaryl/α,β-unsaturated/α-hetero) is 1. The molecule has 0 bridgehead atoms. The average molecular weight is 255 g/mol. The van der Waals surface area contributed by atoms with Crippen LogP contribution < -0.4 is 4.74 Å². The summed E-state index contributed by atoms with van der Waals surface area (Å²) in [5, 5.41) is 8.65. The fourth-order valence-electron chi connectivity index (χ4n) is 1.52. The summed E-state index contributed by atoms with van der Waals surface area (Å²) in [7, 11) is 0. The Labute approximate surface area is 109 Å². The molecule has 4 heteroatoms. The number of rotatable bonds is 4. The predicted octanol–water partition coefficient (Wildman–Crippen LogP) is 2.96. The van der Waals surface area contributed by atoms with Crippen molar-refractivity contribution in [1.29, 1.82) is 5.26 Å². The molecule has 0 amide bonds. The Morgan fingerprint density at radius 2 is 1.84 bits per heavy atom. The fraction of sp³-hybridized carbons (Fsp3) is 0.0667. The van der Waals surface area contributed by atoms with Crippen molar-refractivity contribution in [2.24, 2.45) is 0 Å². The van der Waals surface area contributed by atoms with Crippen LogP contribution in [0.5, 0.6) is 5.75 Å². The summed E-state index contributed by atoms with van der Waals surface area (Å²) in [6.45, 7) is -0.243. The molecule has 0 saturated heterocycles. The van der Waals surface area contributed by atoms with Gasteiger partial charge in [-0.25, -0.2) is 4.39 Å². The number of hydrogen-bond acceptors (Lipinski definition) is 3. The van der Waals surface area contributed by atoms with Crippen molar-refractivity contribution < 1.29 is 13.9 Å². The lowest BCUT2D eigenvalue weighted by Crippen LogP contribution is -2.12. The highest BCUT2D eigenvalue weighted by molar-refractivity contribution is 5.97. The van der Waals surface area contributed by atoms with Crippen LogP contribution >= 0.6 is 0 Å². The third-order valence-electron chi connectivity index (χ3n) is 2.53. The van der Waals surface area contributed by atoms with E-state index in [1.165, 1.54) is 12.1 Å². The molecule has 0 aliphatic carbocycles. The minimum absolute atomic E-state index is 0.0458. The quantitative estimate of drug-likeness (QED) is 0.789. The van der Waals surface area contributed by atoms with Crippen molar-refractivity contribution in [2.45, 2.75) is 0 Å². The zero-order valence-corrected chi connectivity index (χ0v) is 9.97. The van der Waals surface area contributed by atoms with Crippen molar-refractivity contribution in [3.8, 4) is 11.8 Å². The summed E-state index contributed by atoms with van der Waals surface area (Å²) in [4.78, 5) is 11.8. The summed E-state index contributed by atoms with van der Waals surface area (Å²) >= 11 is 0. The number of carbonyl (C=O) groups excluding carboxylic acids is 1. The van der Waals surface area contributed by atoms with Gasteiger partial charge in [-0.1, -0.05) is 12.1 Å². The van der Waals surface area contributed by atoms with Gasteiger partial charge in [-0.05, 0) is 36.4 Å². The van der Waals surface area contributed by atoms with E-state index >= 15 is 0 Å². The first kappa shape index (κ1) is 12.8. The standard InChI is InChI=1S/C15H10FNO2/c16-13-3-1-2-4-15(13)19-10-14(18)12-7-5-11(9-17)6-8-12/h1-8H,10H2. The van der Waals surface area contributed by atoms with Crippen LogP contribution in [0.3, 0.4) is 0 Å². The number of ketones is 1. The molecule has 0 saturated carbocycles. The van der Waals surface area contributed by atoms with Crippen LogP contribution in [0.4, 0.5) is 4.39 Å². The van der Waals surface area contributed by atoms with Crippen molar-refractivity contribution >= 4 is 5.78 Å². The molecule has 0 aliphatic rings. The number of ether oxygens (including phenoxy) is 1. The van der Waals surface area contributed by atoms with Crippen LogP contribution in [0.25, 0.3) is 0 Å². The van der Waals surface area contributed by atoms with Crippen molar-refractivity contribution in [1.82, 2.24) is 0 Å². The Kier molecular flexibility index (Phi) is 3.89. The second-order valence-electron chi connectivity index (χ2n) is 3.83. The van der Waals surface area contributed by atoms with E-state index in [-0.39, 0.29) is 18.1 Å². The van der Waals surface area contributed by atoms with Gasteiger partial charge in [0.1, 0.15) is 0 Å². The smallest absolute Gasteiger partial charge is 0.200 e. The van der Waals surface area contributed by atoms with E-state index in [0.717, 1.165) is 0 Å². The lowest BCUT2D eigenvalue weighted by molar-refractivity contribution is 0.0919. The normalized spacial score (nSPS) is 9.68.